The number of esters is 1. The van der Waals surface area contributed by atoms with Crippen LogP contribution in [-0.2, 0) is 16.1 Å². The van der Waals surface area contributed by atoms with Crippen LogP contribution < -0.4 is 5.73 Å². The maximum Gasteiger partial charge on any atom is 0.309 e. The van der Waals surface area contributed by atoms with Crippen molar-refractivity contribution in [2.75, 3.05) is 6.54 Å². The van der Waals surface area contributed by atoms with Crippen LogP contribution in [0.2, 0.25) is 0 Å². The molecular formula is C12H17NO2. The number of carbonyl (C=O) groups excluding carboxylic acids is 1. The van der Waals surface area contributed by atoms with Crippen molar-refractivity contribution in [3.8, 4) is 0 Å². The Balaban J connectivity index is 2.34. The number of rotatable bonds is 5. The molecule has 0 heterocycles. The van der Waals surface area contributed by atoms with E-state index in [1.165, 1.54) is 0 Å². The number of hydrogen-bond acceptors (Lipinski definition) is 3. The third kappa shape index (κ3) is 4.13. The maximum atomic E-state index is 11.4. The quantitative estimate of drug-likeness (QED) is 0.748. The summed E-state index contributed by atoms with van der Waals surface area (Å²) in [5.74, 6) is -0.289. The Bertz CT molecular complexity index is 298. The monoisotopic (exact) mass is 207 g/mol. The van der Waals surface area contributed by atoms with Crippen LogP contribution in [0.3, 0.4) is 0 Å². The van der Waals surface area contributed by atoms with Crippen LogP contribution in [0.25, 0.3) is 0 Å². The molecule has 1 unspecified atom stereocenters. The van der Waals surface area contributed by atoms with E-state index in [0.29, 0.717) is 19.6 Å². The van der Waals surface area contributed by atoms with Crippen LogP contribution in [-0.4, -0.2) is 12.5 Å². The van der Waals surface area contributed by atoms with Gasteiger partial charge in [-0.2, -0.15) is 0 Å². The first-order chi connectivity index (χ1) is 7.24. The van der Waals surface area contributed by atoms with E-state index in [0.717, 1.165) is 5.56 Å². The van der Waals surface area contributed by atoms with E-state index in [4.69, 9.17) is 10.5 Å². The molecule has 0 aliphatic carbocycles. The van der Waals surface area contributed by atoms with Gasteiger partial charge in [0, 0.05) is 0 Å². The normalized spacial score (nSPS) is 12.1. The minimum Gasteiger partial charge on any atom is -0.461 e. The van der Waals surface area contributed by atoms with Crippen molar-refractivity contribution < 1.29 is 9.53 Å². The highest BCUT2D eigenvalue weighted by Gasteiger charge is 2.12. The average molecular weight is 207 g/mol. The zero-order valence-electron chi connectivity index (χ0n) is 8.98. The Morgan fingerprint density at radius 2 is 2.07 bits per heavy atom. The third-order valence-corrected chi connectivity index (χ3v) is 2.23. The van der Waals surface area contributed by atoms with Crippen LogP contribution in [0.15, 0.2) is 30.3 Å². The summed E-state index contributed by atoms with van der Waals surface area (Å²) in [6.45, 7) is 2.69. The van der Waals surface area contributed by atoms with Crippen molar-refractivity contribution >= 4 is 5.97 Å². The van der Waals surface area contributed by atoms with Gasteiger partial charge in [-0.25, -0.2) is 0 Å². The summed E-state index contributed by atoms with van der Waals surface area (Å²) in [4.78, 5) is 11.4. The minimum absolute atomic E-state index is 0.112. The van der Waals surface area contributed by atoms with Gasteiger partial charge < -0.3 is 10.5 Å². The van der Waals surface area contributed by atoms with Crippen LogP contribution in [0.4, 0.5) is 0 Å². The van der Waals surface area contributed by atoms with E-state index in [-0.39, 0.29) is 11.9 Å². The summed E-state index contributed by atoms with van der Waals surface area (Å²) in [6, 6.07) is 9.64. The highest BCUT2D eigenvalue weighted by molar-refractivity contribution is 5.71. The summed E-state index contributed by atoms with van der Waals surface area (Å²) < 4.78 is 5.15. The van der Waals surface area contributed by atoms with E-state index >= 15 is 0 Å². The molecule has 0 aromatic heterocycles. The van der Waals surface area contributed by atoms with Gasteiger partial charge in [-0.05, 0) is 18.5 Å². The number of benzene rings is 1. The third-order valence-electron chi connectivity index (χ3n) is 2.23. The predicted molar refractivity (Wildman–Crippen MR) is 59.1 cm³/mol. The van der Waals surface area contributed by atoms with E-state index in [2.05, 4.69) is 0 Å². The highest BCUT2D eigenvalue weighted by atomic mass is 16.5. The fourth-order valence-corrected chi connectivity index (χ4v) is 1.24. The predicted octanol–water partition coefficient (Wildman–Crippen LogP) is 1.71. The number of hydrogen-bond donors (Lipinski definition) is 1. The van der Waals surface area contributed by atoms with Crippen molar-refractivity contribution in [1.29, 1.82) is 0 Å². The molecule has 2 N–H and O–H groups in total. The van der Waals surface area contributed by atoms with Gasteiger partial charge in [0.1, 0.15) is 6.61 Å². The zero-order valence-corrected chi connectivity index (χ0v) is 8.98. The lowest BCUT2D eigenvalue weighted by Gasteiger charge is -2.10. The van der Waals surface area contributed by atoms with Gasteiger partial charge in [0.2, 0.25) is 0 Å². The molecule has 0 amide bonds. The molecule has 1 aromatic rings. The molecule has 0 fully saturated rings. The Hall–Kier alpha value is -1.35. The minimum atomic E-state index is -0.177. The smallest absolute Gasteiger partial charge is 0.309 e. The molecular weight excluding hydrogens is 190 g/mol. The van der Waals surface area contributed by atoms with Gasteiger partial charge in [-0.15, -0.1) is 0 Å². The summed E-state index contributed by atoms with van der Waals surface area (Å²) in [6.07, 6.45) is 0.674. The van der Waals surface area contributed by atoms with Gasteiger partial charge in [-0.1, -0.05) is 37.3 Å². The van der Waals surface area contributed by atoms with Crippen LogP contribution in [0.5, 0.6) is 0 Å². The molecule has 82 valence electrons. The highest BCUT2D eigenvalue weighted by Crippen LogP contribution is 2.06. The van der Waals surface area contributed by atoms with E-state index in [9.17, 15) is 4.79 Å². The molecule has 1 rings (SSSR count). The first kappa shape index (κ1) is 11.7. The second-order valence-corrected chi connectivity index (χ2v) is 3.57. The molecule has 0 radical (unpaired) electrons. The summed E-state index contributed by atoms with van der Waals surface area (Å²) in [7, 11) is 0. The first-order valence-corrected chi connectivity index (χ1v) is 5.14. The first-order valence-electron chi connectivity index (χ1n) is 5.14. The van der Waals surface area contributed by atoms with Crippen LogP contribution in [0, 0.1) is 5.92 Å². The van der Waals surface area contributed by atoms with Crippen LogP contribution in [0.1, 0.15) is 18.9 Å². The molecule has 15 heavy (non-hydrogen) atoms. The maximum absolute atomic E-state index is 11.4. The Kier molecular flexibility index (Phi) is 4.84. The summed E-state index contributed by atoms with van der Waals surface area (Å²) in [5, 5.41) is 0. The van der Waals surface area contributed by atoms with E-state index in [1.54, 1.807) is 0 Å². The van der Waals surface area contributed by atoms with Gasteiger partial charge in [0.15, 0.2) is 0 Å². The van der Waals surface area contributed by atoms with Gasteiger partial charge >= 0.3 is 5.97 Å². The fourth-order valence-electron chi connectivity index (χ4n) is 1.24. The van der Waals surface area contributed by atoms with E-state index < -0.39 is 0 Å². The molecule has 3 heteroatoms. The summed E-state index contributed by atoms with van der Waals surface area (Å²) in [5.41, 5.74) is 6.37. The van der Waals surface area contributed by atoms with Crippen molar-refractivity contribution in [2.24, 2.45) is 11.7 Å². The van der Waals surface area contributed by atoms with Crippen molar-refractivity contribution in [3.05, 3.63) is 35.9 Å². The molecule has 0 saturated carbocycles. The SMILES string of the molecule is CC(CCN)C(=O)OCc1ccccc1. The van der Waals surface area contributed by atoms with Gasteiger partial charge in [0.05, 0.1) is 5.92 Å². The van der Waals surface area contributed by atoms with Crippen molar-refractivity contribution in [1.82, 2.24) is 0 Å². The lowest BCUT2D eigenvalue weighted by molar-refractivity contribution is -0.149. The second-order valence-electron chi connectivity index (χ2n) is 3.57. The average Bonchev–Trinajstić information content (AvgIpc) is 2.27. The standard InChI is InChI=1S/C12H17NO2/c1-10(7-8-13)12(14)15-9-11-5-3-2-4-6-11/h2-6,10H,7-9,13H2,1H3. The fraction of sp³-hybridized carbons (Fsp3) is 0.417. The van der Waals surface area contributed by atoms with Crippen molar-refractivity contribution in [2.45, 2.75) is 20.0 Å². The van der Waals surface area contributed by atoms with Crippen LogP contribution >= 0.6 is 0 Å². The second kappa shape index (κ2) is 6.19. The Labute approximate surface area is 90.2 Å². The lowest BCUT2D eigenvalue weighted by Crippen LogP contribution is -2.18. The molecule has 0 aliphatic rings. The van der Waals surface area contributed by atoms with Gasteiger partial charge in [-0.3, -0.25) is 4.79 Å². The van der Waals surface area contributed by atoms with Gasteiger partial charge in [0.25, 0.3) is 0 Å². The molecule has 0 spiro atoms. The molecule has 0 bridgehead atoms. The topological polar surface area (TPSA) is 52.3 Å². The molecule has 0 saturated heterocycles. The largest absolute Gasteiger partial charge is 0.461 e. The lowest BCUT2D eigenvalue weighted by atomic mass is 10.1. The zero-order chi connectivity index (χ0) is 11.1. The summed E-state index contributed by atoms with van der Waals surface area (Å²) >= 11 is 0. The number of nitrogens with two attached hydrogens (primary N) is 1. The Morgan fingerprint density at radius 3 is 2.67 bits per heavy atom. The molecule has 0 aliphatic heterocycles. The molecule has 1 aromatic carbocycles. The molecule has 1 atom stereocenters. The van der Waals surface area contributed by atoms with E-state index in [1.807, 2.05) is 37.3 Å². The number of ether oxygens (including phenoxy) is 1. The molecule has 3 nitrogen and oxygen atoms in total. The number of carbonyl (C=O) groups is 1. The Morgan fingerprint density at radius 1 is 1.40 bits per heavy atom. The van der Waals surface area contributed by atoms with Crippen molar-refractivity contribution in [3.63, 3.8) is 0 Å².